The Kier molecular flexibility index (Phi) is 5.67. The second-order valence-corrected chi connectivity index (χ2v) is 5.51. The number of hydrogen-bond donors (Lipinski definition) is 1. The van der Waals surface area contributed by atoms with Crippen molar-refractivity contribution in [2.24, 2.45) is 0 Å². The first-order chi connectivity index (χ1) is 9.25. The number of halogens is 3. The van der Waals surface area contributed by atoms with Crippen molar-refractivity contribution in [1.29, 1.82) is 0 Å². The number of nitro groups is 1. The molecule has 0 spiro atoms. The van der Waals surface area contributed by atoms with E-state index < -0.39 is 22.4 Å². The molecule has 0 saturated carbocycles. The molecule has 8 heteroatoms. The maximum Gasteiger partial charge on any atom is 0.423 e. The van der Waals surface area contributed by atoms with Crippen LogP contribution in [0.5, 0.6) is 0 Å². The lowest BCUT2D eigenvalue weighted by Gasteiger charge is -2.16. The fourth-order valence-corrected chi connectivity index (χ4v) is 2.31. The van der Waals surface area contributed by atoms with E-state index in [2.05, 4.69) is 5.32 Å². The van der Waals surface area contributed by atoms with Crippen molar-refractivity contribution in [3.8, 4) is 0 Å². The van der Waals surface area contributed by atoms with Crippen LogP contribution in [-0.2, 0) is 6.18 Å². The van der Waals surface area contributed by atoms with Gasteiger partial charge in [0.25, 0.3) is 5.69 Å². The van der Waals surface area contributed by atoms with Gasteiger partial charge in [-0.05, 0) is 24.8 Å². The third-order valence-corrected chi connectivity index (χ3v) is 3.63. The van der Waals surface area contributed by atoms with Crippen LogP contribution in [0.2, 0.25) is 0 Å². The lowest BCUT2D eigenvalue weighted by Crippen LogP contribution is -2.19. The number of thioether (sulfide) groups is 1. The van der Waals surface area contributed by atoms with Crippen molar-refractivity contribution in [1.82, 2.24) is 0 Å². The summed E-state index contributed by atoms with van der Waals surface area (Å²) in [5.74, 6) is 1.66. The number of benzene rings is 1. The van der Waals surface area contributed by atoms with E-state index in [9.17, 15) is 23.3 Å². The van der Waals surface area contributed by atoms with Gasteiger partial charge in [0, 0.05) is 23.5 Å². The highest BCUT2D eigenvalue weighted by atomic mass is 32.2. The fraction of sp³-hybridized carbons (Fsp3) is 0.500. The minimum Gasteiger partial charge on any atom is -0.382 e. The van der Waals surface area contributed by atoms with Crippen molar-refractivity contribution in [3.05, 3.63) is 33.9 Å². The summed E-state index contributed by atoms with van der Waals surface area (Å²) in [5.41, 5.74) is -1.94. The monoisotopic (exact) mass is 308 g/mol. The predicted octanol–water partition coefficient (Wildman–Crippen LogP) is 4.17. The van der Waals surface area contributed by atoms with Crippen LogP contribution in [0, 0.1) is 10.1 Å². The van der Waals surface area contributed by atoms with Gasteiger partial charge in [0.05, 0.1) is 4.92 Å². The van der Waals surface area contributed by atoms with Crippen molar-refractivity contribution >= 4 is 23.1 Å². The molecule has 1 N–H and O–H groups in total. The van der Waals surface area contributed by atoms with E-state index in [1.54, 1.807) is 11.8 Å². The van der Waals surface area contributed by atoms with Gasteiger partial charge in [0.15, 0.2) is 0 Å². The van der Waals surface area contributed by atoms with Gasteiger partial charge in [-0.1, -0.05) is 6.92 Å². The number of anilines is 1. The molecule has 0 heterocycles. The highest BCUT2D eigenvalue weighted by Crippen LogP contribution is 2.37. The molecule has 0 aromatic heterocycles. The van der Waals surface area contributed by atoms with Crippen molar-refractivity contribution in [3.63, 3.8) is 0 Å². The van der Waals surface area contributed by atoms with Crippen LogP contribution in [0.4, 0.5) is 24.5 Å². The molecule has 4 nitrogen and oxygen atoms in total. The van der Waals surface area contributed by atoms with Gasteiger partial charge >= 0.3 is 6.18 Å². The lowest BCUT2D eigenvalue weighted by atomic mass is 10.1. The zero-order valence-corrected chi connectivity index (χ0v) is 11.8. The van der Waals surface area contributed by atoms with E-state index in [0.717, 1.165) is 23.6 Å². The van der Waals surface area contributed by atoms with Gasteiger partial charge in [0.2, 0.25) is 0 Å². The maximum absolute atomic E-state index is 12.8. The molecule has 0 aliphatic rings. The summed E-state index contributed by atoms with van der Waals surface area (Å²) in [6.07, 6.45) is -4.75. The average Bonchev–Trinajstić information content (AvgIpc) is 2.35. The Morgan fingerprint density at radius 1 is 1.45 bits per heavy atom. The molecule has 0 fully saturated rings. The largest absolute Gasteiger partial charge is 0.423 e. The first kappa shape index (κ1) is 16.6. The Morgan fingerprint density at radius 3 is 2.60 bits per heavy atom. The Morgan fingerprint density at radius 2 is 2.10 bits per heavy atom. The van der Waals surface area contributed by atoms with E-state index in [1.807, 2.05) is 13.8 Å². The summed E-state index contributed by atoms with van der Waals surface area (Å²) in [6.45, 7) is 3.84. The molecule has 1 aromatic carbocycles. The number of nitro benzene ring substituents is 1. The Bertz CT molecular complexity index is 480. The molecule has 1 unspecified atom stereocenters. The summed E-state index contributed by atoms with van der Waals surface area (Å²) >= 11 is 1.66. The molecule has 1 rings (SSSR count). The molecule has 0 bridgehead atoms. The topological polar surface area (TPSA) is 55.2 Å². The number of alkyl halides is 3. The quantitative estimate of drug-likeness (QED) is 0.633. The molecule has 112 valence electrons. The molecule has 0 aliphatic heterocycles. The van der Waals surface area contributed by atoms with E-state index in [4.69, 9.17) is 0 Å². The molecule has 0 radical (unpaired) electrons. The number of hydrogen-bond acceptors (Lipinski definition) is 4. The SMILES string of the molecule is CCSCC(C)Nc1ccc([N+](=O)[O-])c(C(F)(F)F)c1. The van der Waals surface area contributed by atoms with Crippen LogP contribution in [0.25, 0.3) is 0 Å². The third-order valence-electron chi connectivity index (χ3n) is 2.48. The molecule has 1 aromatic rings. The van der Waals surface area contributed by atoms with Gasteiger partial charge in [-0.25, -0.2) is 0 Å². The number of nitrogens with zero attached hydrogens (tertiary/aromatic N) is 1. The van der Waals surface area contributed by atoms with Gasteiger partial charge in [-0.2, -0.15) is 24.9 Å². The number of rotatable bonds is 6. The van der Waals surface area contributed by atoms with Gasteiger partial charge < -0.3 is 5.32 Å². The molecular weight excluding hydrogens is 293 g/mol. The normalized spacial score (nSPS) is 13.1. The molecule has 20 heavy (non-hydrogen) atoms. The molecule has 1 atom stereocenters. The van der Waals surface area contributed by atoms with Gasteiger partial charge in [-0.3, -0.25) is 10.1 Å². The van der Waals surface area contributed by atoms with Crippen LogP contribution in [-0.4, -0.2) is 22.5 Å². The average molecular weight is 308 g/mol. The predicted molar refractivity (Wildman–Crippen MR) is 74.2 cm³/mol. The summed E-state index contributed by atoms with van der Waals surface area (Å²) in [4.78, 5) is 9.60. The Balaban J connectivity index is 2.98. The summed E-state index contributed by atoms with van der Waals surface area (Å²) in [7, 11) is 0. The molecule has 0 aliphatic carbocycles. The molecule has 0 amide bonds. The summed E-state index contributed by atoms with van der Waals surface area (Å²) in [5, 5.41) is 13.5. The summed E-state index contributed by atoms with van der Waals surface area (Å²) < 4.78 is 38.4. The van der Waals surface area contributed by atoms with E-state index in [0.29, 0.717) is 0 Å². The minimum atomic E-state index is -4.75. The maximum atomic E-state index is 12.8. The highest BCUT2D eigenvalue weighted by Gasteiger charge is 2.38. The minimum absolute atomic E-state index is 0.0255. The van der Waals surface area contributed by atoms with E-state index in [1.165, 1.54) is 6.07 Å². The highest BCUT2D eigenvalue weighted by molar-refractivity contribution is 7.99. The first-order valence-electron chi connectivity index (χ1n) is 5.95. The van der Waals surface area contributed by atoms with E-state index >= 15 is 0 Å². The lowest BCUT2D eigenvalue weighted by molar-refractivity contribution is -0.388. The van der Waals surface area contributed by atoms with Crippen molar-refractivity contribution in [2.45, 2.75) is 26.1 Å². The van der Waals surface area contributed by atoms with Crippen LogP contribution < -0.4 is 5.32 Å². The van der Waals surface area contributed by atoms with Crippen LogP contribution in [0.3, 0.4) is 0 Å². The summed E-state index contributed by atoms with van der Waals surface area (Å²) in [6, 6.07) is 2.93. The standard InChI is InChI=1S/C12H15F3N2O2S/c1-3-20-7-8(2)16-9-4-5-11(17(18)19)10(6-9)12(13,14)15/h4-6,8,16H,3,7H2,1-2H3. The van der Waals surface area contributed by atoms with Gasteiger partial charge in [0.1, 0.15) is 5.56 Å². The third kappa shape index (κ3) is 4.59. The first-order valence-corrected chi connectivity index (χ1v) is 7.11. The number of nitrogens with one attached hydrogen (secondary N) is 1. The fourth-order valence-electron chi connectivity index (χ4n) is 1.63. The Labute approximate surface area is 118 Å². The molecular formula is C12H15F3N2O2S. The van der Waals surface area contributed by atoms with Crippen molar-refractivity contribution in [2.75, 3.05) is 16.8 Å². The van der Waals surface area contributed by atoms with Crippen LogP contribution in [0.1, 0.15) is 19.4 Å². The van der Waals surface area contributed by atoms with Gasteiger partial charge in [-0.15, -0.1) is 0 Å². The van der Waals surface area contributed by atoms with Crippen molar-refractivity contribution < 1.29 is 18.1 Å². The second kappa shape index (κ2) is 6.83. The van der Waals surface area contributed by atoms with E-state index in [-0.39, 0.29) is 11.7 Å². The zero-order chi connectivity index (χ0) is 15.3. The van der Waals surface area contributed by atoms with Crippen LogP contribution in [0.15, 0.2) is 18.2 Å². The second-order valence-electron chi connectivity index (χ2n) is 4.19. The zero-order valence-electron chi connectivity index (χ0n) is 11.0. The Hall–Kier alpha value is -1.44. The molecule has 0 saturated heterocycles. The smallest absolute Gasteiger partial charge is 0.382 e. The van der Waals surface area contributed by atoms with Crippen LogP contribution >= 0.6 is 11.8 Å².